The second-order valence-corrected chi connectivity index (χ2v) is 7.96. The molecule has 0 fully saturated rings. The van der Waals surface area contributed by atoms with Crippen molar-refractivity contribution in [3.8, 4) is 0 Å². The van der Waals surface area contributed by atoms with Crippen molar-refractivity contribution in [2.45, 2.75) is 0 Å². The Labute approximate surface area is 170 Å². The van der Waals surface area contributed by atoms with Gasteiger partial charge in [0.1, 0.15) is 0 Å². The molecule has 0 amide bonds. The van der Waals surface area contributed by atoms with Gasteiger partial charge in [-0.15, -0.1) is 0 Å². The minimum absolute atomic E-state index is 0. The van der Waals surface area contributed by atoms with Crippen molar-refractivity contribution >= 4 is 23.9 Å². The van der Waals surface area contributed by atoms with E-state index in [2.05, 4.69) is 0 Å². The van der Waals surface area contributed by atoms with E-state index in [0.29, 0.717) is 0 Å². The summed E-state index contributed by atoms with van der Waals surface area (Å²) in [4.78, 5) is 11.6. The average molecular weight is 317 g/mol. The summed E-state index contributed by atoms with van der Waals surface area (Å²) in [5, 5.41) is 3.03. The Balaban J connectivity index is 0.00000121. The fourth-order valence-electron chi connectivity index (χ4n) is 2.54. The minimum atomic E-state index is -2.88. The maximum absolute atomic E-state index is 11.6. The maximum Gasteiger partial charge on any atom is 1.00 e. The van der Waals surface area contributed by atoms with E-state index in [1.54, 1.807) is 0 Å². The zero-order chi connectivity index (χ0) is 13.8. The first-order valence-electron chi connectivity index (χ1n) is 6.71. The Morgan fingerprint density at radius 1 is 0.524 bits per heavy atom. The third-order valence-corrected chi connectivity index (χ3v) is 7.08. The molecule has 100 valence electrons. The van der Waals surface area contributed by atoms with Gasteiger partial charge in [-0.1, -0.05) is 91.0 Å². The summed E-state index contributed by atoms with van der Waals surface area (Å²) in [6, 6.07) is 30.0. The molecule has 3 heteroatoms. The van der Waals surface area contributed by atoms with E-state index in [4.69, 9.17) is 0 Å². The van der Waals surface area contributed by atoms with Gasteiger partial charge in [-0.2, -0.15) is 0 Å². The molecule has 3 rings (SSSR count). The molecule has 0 aliphatic carbocycles. The quantitative estimate of drug-likeness (QED) is 0.474. The van der Waals surface area contributed by atoms with E-state index >= 15 is 0 Å². The summed E-state index contributed by atoms with van der Waals surface area (Å²) < 4.78 is 0. The van der Waals surface area contributed by atoms with E-state index in [-0.39, 0.29) is 52.8 Å². The molecule has 3 aromatic rings. The Kier molecular flexibility index (Phi) is 6.13. The molecular weight excluding hydrogens is 299 g/mol. The summed E-state index contributed by atoms with van der Waals surface area (Å²) in [5.41, 5.74) is 0. The van der Waals surface area contributed by atoms with Crippen LogP contribution in [0.1, 0.15) is 1.43 Å². The molecule has 0 aliphatic heterocycles. The fourth-order valence-corrected chi connectivity index (χ4v) is 5.56. The smallest absolute Gasteiger partial charge is 1.00 e. The van der Waals surface area contributed by atoms with Crippen molar-refractivity contribution in [1.29, 1.82) is 0 Å². The van der Waals surface area contributed by atoms with Crippen LogP contribution >= 0.6 is 0 Å². The van der Waals surface area contributed by atoms with Gasteiger partial charge in [0.15, 0.2) is 0 Å². The van der Waals surface area contributed by atoms with E-state index in [0.717, 1.165) is 15.6 Å². The zero-order valence-electron chi connectivity index (χ0n) is 13.1. The zero-order valence-corrected chi connectivity index (χ0v) is 16.2. The van der Waals surface area contributed by atoms with Gasteiger partial charge in [-0.3, -0.25) is 0 Å². The molecule has 1 nitrogen and oxygen atoms in total. The van der Waals surface area contributed by atoms with Crippen LogP contribution in [0.25, 0.3) is 0 Å². The number of hydrogen-bond acceptors (Lipinski definition) is 1. The summed E-state index contributed by atoms with van der Waals surface area (Å²) in [7, 11) is -2.88. The van der Waals surface area contributed by atoms with E-state index in [9.17, 15) is 4.80 Å². The molecule has 21 heavy (non-hydrogen) atoms. The van der Waals surface area contributed by atoms with Crippen LogP contribution in [0.5, 0.6) is 0 Å². The molecule has 0 saturated heterocycles. The Morgan fingerprint density at radius 2 is 0.762 bits per heavy atom. The first kappa shape index (κ1) is 16.8. The fraction of sp³-hybridized carbons (Fsp3) is 0. The van der Waals surface area contributed by atoms with Crippen molar-refractivity contribution < 1.29 is 57.6 Å². The number of rotatable bonds is 3. The molecule has 0 bridgehead atoms. The molecule has 0 aliphatic rings. The molecule has 0 radical (unpaired) electrons. The predicted octanol–water partition coefficient (Wildman–Crippen LogP) is -1.24. The van der Waals surface area contributed by atoms with Crippen LogP contribution in [-0.4, -0.2) is 13.1 Å². The van der Waals surface area contributed by atoms with Gasteiger partial charge in [0, 0.05) is 0 Å². The van der Waals surface area contributed by atoms with Crippen LogP contribution in [0.4, 0.5) is 0 Å². The van der Waals surface area contributed by atoms with Crippen molar-refractivity contribution in [1.82, 2.24) is 0 Å². The van der Waals surface area contributed by atoms with Crippen LogP contribution in [0.15, 0.2) is 91.0 Å². The minimum Gasteiger partial charge on any atom is -1.00 e. The first-order chi connectivity index (χ1) is 9.82. The van der Waals surface area contributed by atoms with Crippen LogP contribution in [-0.2, 0) is 0 Å². The Bertz CT molecular complexity index is 581. The molecule has 0 saturated carbocycles. The summed E-state index contributed by atoms with van der Waals surface area (Å²) in [6.07, 6.45) is 0. The van der Waals surface area contributed by atoms with E-state index in [1.807, 2.05) is 91.0 Å². The number of hydrogen-bond donors (Lipinski definition) is 1. The average Bonchev–Trinajstić information content (AvgIpc) is 2.56. The SMILES string of the molecule is O[Si](c1ccccc1)(c1ccccc1)c1ccccc1.[H-].[K+]. The summed E-state index contributed by atoms with van der Waals surface area (Å²) in [5.74, 6) is 0. The first-order valence-corrected chi connectivity index (χ1v) is 8.65. The largest absolute Gasteiger partial charge is 1.00 e. The molecule has 1 N–H and O–H groups in total. The molecular formula is C18H17KOSi. The van der Waals surface area contributed by atoms with E-state index < -0.39 is 8.32 Å². The second-order valence-electron chi connectivity index (χ2n) is 4.81. The second kappa shape index (κ2) is 7.65. The Hall–Kier alpha value is -0.527. The third kappa shape index (κ3) is 3.46. The van der Waals surface area contributed by atoms with Gasteiger partial charge >= 0.3 is 51.4 Å². The molecule has 0 aromatic heterocycles. The van der Waals surface area contributed by atoms with Gasteiger partial charge < -0.3 is 6.22 Å². The molecule has 0 spiro atoms. The molecule has 0 atom stereocenters. The summed E-state index contributed by atoms with van der Waals surface area (Å²) in [6.45, 7) is 0. The topological polar surface area (TPSA) is 20.2 Å². The molecule has 3 aromatic carbocycles. The van der Waals surface area contributed by atoms with Gasteiger partial charge in [0.05, 0.1) is 0 Å². The van der Waals surface area contributed by atoms with Crippen LogP contribution < -0.4 is 66.9 Å². The standard InChI is InChI=1S/C18H16OSi.K.H/c19-20(16-10-4-1-5-11-16,17-12-6-2-7-13-17)18-14-8-3-9-15-18;;/h1-15,19H;;/q;+1;-1. The Morgan fingerprint density at radius 3 is 1.00 bits per heavy atom. The van der Waals surface area contributed by atoms with Crippen LogP contribution in [0.3, 0.4) is 0 Å². The summed E-state index contributed by atoms with van der Waals surface area (Å²) >= 11 is 0. The van der Waals surface area contributed by atoms with E-state index in [1.165, 1.54) is 0 Å². The van der Waals surface area contributed by atoms with Crippen LogP contribution in [0, 0.1) is 0 Å². The van der Waals surface area contributed by atoms with Gasteiger partial charge in [0.25, 0.3) is 8.32 Å². The van der Waals surface area contributed by atoms with Crippen molar-refractivity contribution in [3.63, 3.8) is 0 Å². The van der Waals surface area contributed by atoms with Crippen molar-refractivity contribution in [2.24, 2.45) is 0 Å². The third-order valence-electron chi connectivity index (χ3n) is 3.57. The molecule has 0 heterocycles. The van der Waals surface area contributed by atoms with Crippen molar-refractivity contribution in [2.75, 3.05) is 0 Å². The maximum atomic E-state index is 11.6. The normalized spacial score (nSPS) is 10.7. The molecule has 0 unspecified atom stereocenters. The predicted molar refractivity (Wildman–Crippen MR) is 87.3 cm³/mol. The van der Waals surface area contributed by atoms with Crippen molar-refractivity contribution in [3.05, 3.63) is 91.0 Å². The van der Waals surface area contributed by atoms with Gasteiger partial charge in [0.2, 0.25) is 0 Å². The van der Waals surface area contributed by atoms with Crippen LogP contribution in [0.2, 0.25) is 0 Å². The van der Waals surface area contributed by atoms with Gasteiger partial charge in [-0.05, 0) is 15.6 Å². The van der Waals surface area contributed by atoms with Gasteiger partial charge in [-0.25, -0.2) is 0 Å². The monoisotopic (exact) mass is 316 g/mol. The number of benzene rings is 3.